The van der Waals surface area contributed by atoms with Gasteiger partial charge in [-0.15, -0.1) is 0 Å². The lowest BCUT2D eigenvalue weighted by Gasteiger charge is -2.29. The summed E-state index contributed by atoms with van der Waals surface area (Å²) in [5.41, 5.74) is -1.16. The van der Waals surface area contributed by atoms with Crippen LogP contribution in [-0.2, 0) is 4.79 Å². The fraction of sp³-hybridized carbons (Fsp3) is 0.833. The smallest absolute Gasteiger partial charge is 0.329 e. The van der Waals surface area contributed by atoms with Gasteiger partial charge in [0, 0.05) is 11.8 Å². The van der Waals surface area contributed by atoms with Gasteiger partial charge in [-0.2, -0.15) is 11.8 Å². The second kappa shape index (κ2) is 8.24. The largest absolute Gasteiger partial charge is 0.480 e. The lowest BCUT2D eigenvalue weighted by atomic mass is 9.93. The molecular weight excluding hydrogens is 252 g/mol. The van der Waals surface area contributed by atoms with E-state index in [4.69, 9.17) is 0 Å². The molecule has 0 aliphatic heterocycles. The van der Waals surface area contributed by atoms with Gasteiger partial charge >= 0.3 is 12.0 Å². The number of aliphatic carboxylic acids is 1. The van der Waals surface area contributed by atoms with Gasteiger partial charge < -0.3 is 15.7 Å². The third-order valence-electron chi connectivity index (χ3n) is 3.17. The van der Waals surface area contributed by atoms with Crippen molar-refractivity contribution in [1.82, 2.24) is 10.6 Å². The van der Waals surface area contributed by atoms with Crippen molar-refractivity contribution >= 4 is 23.8 Å². The van der Waals surface area contributed by atoms with Gasteiger partial charge in [0.05, 0.1) is 0 Å². The Bertz CT molecular complexity index is 280. The van der Waals surface area contributed by atoms with Gasteiger partial charge in [-0.25, -0.2) is 9.59 Å². The molecular formula is C12H24N2O3S. The van der Waals surface area contributed by atoms with E-state index < -0.39 is 17.5 Å². The molecule has 2 amide bonds. The molecule has 0 aromatic heterocycles. The van der Waals surface area contributed by atoms with Gasteiger partial charge in [-0.3, -0.25) is 0 Å². The van der Waals surface area contributed by atoms with E-state index in [9.17, 15) is 14.7 Å². The Morgan fingerprint density at radius 3 is 2.17 bits per heavy atom. The number of carbonyl (C=O) groups excluding carboxylic acids is 1. The van der Waals surface area contributed by atoms with Crippen LogP contribution in [0.1, 0.15) is 40.0 Å². The average molecular weight is 276 g/mol. The SMILES string of the molecule is CCC(CSC)NC(=O)NC(CC)(CC)C(=O)O. The predicted molar refractivity (Wildman–Crippen MR) is 75.1 cm³/mol. The fourth-order valence-corrected chi connectivity index (χ4v) is 2.41. The van der Waals surface area contributed by atoms with Crippen molar-refractivity contribution in [3.8, 4) is 0 Å². The molecule has 106 valence electrons. The topological polar surface area (TPSA) is 78.4 Å². The van der Waals surface area contributed by atoms with Crippen LogP contribution in [-0.4, -0.2) is 40.7 Å². The Balaban J connectivity index is 4.56. The van der Waals surface area contributed by atoms with E-state index in [2.05, 4.69) is 10.6 Å². The summed E-state index contributed by atoms with van der Waals surface area (Å²) < 4.78 is 0. The maximum absolute atomic E-state index is 11.8. The molecule has 18 heavy (non-hydrogen) atoms. The summed E-state index contributed by atoms with van der Waals surface area (Å²) in [5, 5.41) is 14.6. The zero-order valence-corrected chi connectivity index (χ0v) is 12.4. The van der Waals surface area contributed by atoms with E-state index in [1.165, 1.54) is 0 Å². The molecule has 0 radical (unpaired) electrons. The monoisotopic (exact) mass is 276 g/mol. The quantitative estimate of drug-likeness (QED) is 0.634. The summed E-state index contributed by atoms with van der Waals surface area (Å²) >= 11 is 1.65. The standard InChI is InChI=1S/C12H24N2O3S/c1-5-9(8-18-4)13-11(17)14-12(6-2,7-3)10(15)16/h9H,5-8H2,1-4H3,(H,15,16)(H2,13,14,17). The summed E-state index contributed by atoms with van der Waals surface area (Å²) in [4.78, 5) is 23.1. The molecule has 5 nitrogen and oxygen atoms in total. The molecule has 1 atom stereocenters. The molecule has 6 heteroatoms. The van der Waals surface area contributed by atoms with Crippen molar-refractivity contribution in [3.63, 3.8) is 0 Å². The number of hydrogen-bond acceptors (Lipinski definition) is 3. The number of carbonyl (C=O) groups is 2. The van der Waals surface area contributed by atoms with Crippen LogP contribution >= 0.6 is 11.8 Å². The number of carboxylic acids is 1. The molecule has 0 aromatic rings. The summed E-state index contributed by atoms with van der Waals surface area (Å²) in [6, 6.07) is -0.331. The van der Waals surface area contributed by atoms with Crippen LogP contribution in [0.2, 0.25) is 0 Å². The van der Waals surface area contributed by atoms with Crippen molar-refractivity contribution in [2.75, 3.05) is 12.0 Å². The third kappa shape index (κ3) is 4.76. The minimum Gasteiger partial charge on any atom is -0.480 e. The van der Waals surface area contributed by atoms with Crippen LogP contribution in [0.15, 0.2) is 0 Å². The summed E-state index contributed by atoms with van der Waals surface area (Å²) in [5.74, 6) is -0.164. The number of nitrogens with one attached hydrogen (secondary N) is 2. The molecule has 0 aliphatic rings. The molecule has 0 aromatic carbocycles. The Labute approximate surface area is 113 Å². The molecule has 0 fully saturated rings. The van der Waals surface area contributed by atoms with Crippen molar-refractivity contribution < 1.29 is 14.7 Å². The number of urea groups is 1. The first-order valence-electron chi connectivity index (χ1n) is 6.26. The lowest BCUT2D eigenvalue weighted by Crippen LogP contribution is -2.58. The van der Waals surface area contributed by atoms with E-state index in [0.29, 0.717) is 12.8 Å². The van der Waals surface area contributed by atoms with Gasteiger partial charge in [0.1, 0.15) is 5.54 Å². The van der Waals surface area contributed by atoms with Gasteiger partial charge in [0.2, 0.25) is 0 Å². The third-order valence-corrected chi connectivity index (χ3v) is 3.90. The number of amides is 2. The first-order chi connectivity index (χ1) is 8.45. The summed E-state index contributed by atoms with van der Waals surface area (Å²) in [6.07, 6.45) is 3.53. The van der Waals surface area contributed by atoms with E-state index in [-0.39, 0.29) is 6.04 Å². The Morgan fingerprint density at radius 2 is 1.83 bits per heavy atom. The first-order valence-corrected chi connectivity index (χ1v) is 7.66. The Morgan fingerprint density at radius 1 is 1.28 bits per heavy atom. The highest BCUT2D eigenvalue weighted by Crippen LogP contribution is 2.15. The van der Waals surface area contributed by atoms with Crippen LogP contribution in [0.4, 0.5) is 4.79 Å². The maximum atomic E-state index is 11.8. The Kier molecular flexibility index (Phi) is 7.82. The van der Waals surface area contributed by atoms with Gasteiger partial charge in [0.15, 0.2) is 0 Å². The minimum atomic E-state index is -1.16. The van der Waals surface area contributed by atoms with E-state index >= 15 is 0 Å². The molecule has 3 N–H and O–H groups in total. The molecule has 0 rings (SSSR count). The molecule has 1 unspecified atom stereocenters. The lowest BCUT2D eigenvalue weighted by molar-refractivity contribution is -0.144. The van der Waals surface area contributed by atoms with E-state index in [1.54, 1.807) is 25.6 Å². The second-order valence-electron chi connectivity index (χ2n) is 4.25. The van der Waals surface area contributed by atoms with Crippen molar-refractivity contribution in [1.29, 1.82) is 0 Å². The van der Waals surface area contributed by atoms with Gasteiger partial charge in [-0.05, 0) is 25.5 Å². The van der Waals surface area contributed by atoms with Crippen molar-refractivity contribution in [2.45, 2.75) is 51.6 Å². The van der Waals surface area contributed by atoms with Crippen LogP contribution in [0.25, 0.3) is 0 Å². The second-order valence-corrected chi connectivity index (χ2v) is 5.16. The number of rotatable bonds is 8. The summed E-state index contributed by atoms with van der Waals surface area (Å²) in [6.45, 7) is 5.51. The van der Waals surface area contributed by atoms with Crippen LogP contribution < -0.4 is 10.6 Å². The highest BCUT2D eigenvalue weighted by Gasteiger charge is 2.36. The number of hydrogen-bond donors (Lipinski definition) is 3. The predicted octanol–water partition coefficient (Wildman–Crippen LogP) is 2.07. The normalized spacial score (nSPS) is 12.9. The maximum Gasteiger partial charge on any atom is 0.329 e. The zero-order valence-electron chi connectivity index (χ0n) is 11.6. The summed E-state index contributed by atoms with van der Waals surface area (Å²) in [7, 11) is 0. The average Bonchev–Trinajstić information content (AvgIpc) is 2.35. The van der Waals surface area contributed by atoms with Crippen LogP contribution in [0.3, 0.4) is 0 Å². The molecule has 0 aliphatic carbocycles. The highest BCUT2D eigenvalue weighted by atomic mass is 32.2. The first kappa shape index (κ1) is 17.1. The molecule has 0 saturated carbocycles. The molecule has 0 heterocycles. The van der Waals surface area contributed by atoms with Crippen molar-refractivity contribution in [3.05, 3.63) is 0 Å². The number of carboxylic acid groups (broad SMARTS) is 1. The van der Waals surface area contributed by atoms with Crippen LogP contribution in [0, 0.1) is 0 Å². The van der Waals surface area contributed by atoms with Gasteiger partial charge in [0.25, 0.3) is 0 Å². The van der Waals surface area contributed by atoms with Gasteiger partial charge in [-0.1, -0.05) is 20.8 Å². The van der Waals surface area contributed by atoms with Crippen molar-refractivity contribution in [2.24, 2.45) is 0 Å². The minimum absolute atomic E-state index is 0.0696. The fourth-order valence-electron chi connectivity index (χ4n) is 1.68. The van der Waals surface area contributed by atoms with Crippen LogP contribution in [0.5, 0.6) is 0 Å². The van der Waals surface area contributed by atoms with E-state index in [1.807, 2.05) is 13.2 Å². The molecule has 0 saturated heterocycles. The molecule has 0 spiro atoms. The number of thioether (sulfide) groups is 1. The highest BCUT2D eigenvalue weighted by molar-refractivity contribution is 7.98. The Hall–Kier alpha value is -0.910. The van der Waals surface area contributed by atoms with E-state index in [0.717, 1.165) is 12.2 Å². The molecule has 0 bridgehead atoms. The zero-order chi connectivity index (χ0) is 14.2.